The van der Waals surface area contributed by atoms with Crippen LogP contribution >= 0.6 is 15.9 Å². The number of piperidine rings is 1. The largest absolute Gasteiger partial charge is 0.342 e. The Morgan fingerprint density at radius 3 is 2.86 bits per heavy atom. The first-order valence-corrected chi connectivity index (χ1v) is 9.16. The molecule has 2 fully saturated rings. The molecule has 4 heteroatoms. The van der Waals surface area contributed by atoms with Crippen molar-refractivity contribution < 1.29 is 4.79 Å². The van der Waals surface area contributed by atoms with Crippen LogP contribution in [0.5, 0.6) is 0 Å². The van der Waals surface area contributed by atoms with E-state index < -0.39 is 0 Å². The number of amides is 1. The van der Waals surface area contributed by atoms with E-state index in [0.29, 0.717) is 6.04 Å². The van der Waals surface area contributed by atoms with Crippen LogP contribution < -0.4 is 0 Å². The number of hydrogen-bond donors (Lipinski definition) is 0. The van der Waals surface area contributed by atoms with Crippen LogP contribution in [0.25, 0.3) is 0 Å². The van der Waals surface area contributed by atoms with Gasteiger partial charge < -0.3 is 9.47 Å². The molecule has 1 aliphatic carbocycles. The summed E-state index contributed by atoms with van der Waals surface area (Å²) in [4.78, 5) is 15.2. The van der Waals surface area contributed by atoms with E-state index in [4.69, 9.17) is 0 Å². The van der Waals surface area contributed by atoms with Gasteiger partial charge in [-0.1, -0.05) is 19.8 Å². The molecule has 2 heterocycles. The summed E-state index contributed by atoms with van der Waals surface area (Å²) in [6.07, 6.45) is 10.7. The summed E-state index contributed by atoms with van der Waals surface area (Å²) < 4.78 is 3.12. The molecule has 0 N–H and O–H groups in total. The van der Waals surface area contributed by atoms with Crippen LogP contribution in [0, 0.1) is 5.92 Å². The molecule has 1 saturated carbocycles. The second-order valence-electron chi connectivity index (χ2n) is 6.49. The third kappa shape index (κ3) is 3.05. The molecule has 3 rings (SSSR count). The van der Waals surface area contributed by atoms with Crippen LogP contribution in [0.15, 0.2) is 16.7 Å². The van der Waals surface area contributed by atoms with E-state index in [-0.39, 0.29) is 5.91 Å². The van der Waals surface area contributed by atoms with E-state index in [1.165, 1.54) is 38.5 Å². The van der Waals surface area contributed by atoms with Gasteiger partial charge in [-0.3, -0.25) is 4.79 Å². The van der Waals surface area contributed by atoms with Gasteiger partial charge in [-0.25, -0.2) is 0 Å². The fourth-order valence-corrected chi connectivity index (χ4v) is 4.57. The fourth-order valence-electron chi connectivity index (χ4n) is 4.10. The molecule has 2 aliphatic rings. The summed E-state index contributed by atoms with van der Waals surface area (Å²) in [7, 11) is 0. The fraction of sp³-hybridized carbons (Fsp3) is 0.706. The lowest BCUT2D eigenvalue weighted by Crippen LogP contribution is -2.50. The van der Waals surface area contributed by atoms with Gasteiger partial charge in [0.15, 0.2) is 0 Å². The van der Waals surface area contributed by atoms with Crippen LogP contribution in [0.3, 0.4) is 0 Å². The van der Waals surface area contributed by atoms with Crippen molar-refractivity contribution in [3.63, 3.8) is 0 Å². The zero-order chi connectivity index (χ0) is 14.8. The molecular weight excluding hydrogens is 328 g/mol. The SMILES string of the molecule is CCCn1cc(Br)cc1C(=O)N1CCC[C@H]2CCCC[C@H]21. The lowest BCUT2D eigenvalue weighted by atomic mass is 9.78. The number of rotatable bonds is 3. The molecule has 0 radical (unpaired) electrons. The second kappa shape index (κ2) is 6.55. The Labute approximate surface area is 135 Å². The highest BCUT2D eigenvalue weighted by atomic mass is 79.9. The van der Waals surface area contributed by atoms with Crippen molar-refractivity contribution in [2.75, 3.05) is 6.54 Å². The first-order chi connectivity index (χ1) is 10.2. The molecular formula is C17H25BrN2O. The summed E-state index contributed by atoms with van der Waals surface area (Å²) in [6.45, 7) is 4.00. The van der Waals surface area contributed by atoms with Crippen LogP contribution in [-0.4, -0.2) is 28.0 Å². The van der Waals surface area contributed by atoms with E-state index >= 15 is 0 Å². The number of aromatic nitrogens is 1. The lowest BCUT2D eigenvalue weighted by Gasteiger charge is -2.44. The molecule has 3 nitrogen and oxygen atoms in total. The molecule has 0 unspecified atom stereocenters. The highest BCUT2D eigenvalue weighted by Gasteiger charge is 2.36. The number of hydrogen-bond acceptors (Lipinski definition) is 1. The average molecular weight is 353 g/mol. The van der Waals surface area contributed by atoms with Gasteiger partial charge in [0.25, 0.3) is 5.91 Å². The molecule has 1 aromatic rings. The Morgan fingerprint density at radius 2 is 2.05 bits per heavy atom. The van der Waals surface area contributed by atoms with Crippen molar-refractivity contribution in [2.45, 2.75) is 64.5 Å². The molecule has 0 aromatic carbocycles. The van der Waals surface area contributed by atoms with Gasteiger partial charge in [-0.05, 0) is 60.0 Å². The molecule has 2 atom stereocenters. The first-order valence-electron chi connectivity index (χ1n) is 8.37. The Bertz CT molecular complexity index is 509. The van der Waals surface area contributed by atoms with E-state index in [2.05, 4.69) is 32.3 Å². The number of fused-ring (bicyclic) bond motifs is 1. The molecule has 21 heavy (non-hydrogen) atoms. The lowest BCUT2D eigenvalue weighted by molar-refractivity contribution is 0.0381. The number of likely N-dealkylation sites (tertiary alicyclic amines) is 1. The van der Waals surface area contributed by atoms with Gasteiger partial charge >= 0.3 is 0 Å². The number of carbonyl (C=O) groups is 1. The van der Waals surface area contributed by atoms with E-state index in [0.717, 1.165) is 35.6 Å². The van der Waals surface area contributed by atoms with Crippen LogP contribution in [0.4, 0.5) is 0 Å². The van der Waals surface area contributed by atoms with E-state index in [1.807, 2.05) is 12.3 Å². The Kier molecular flexibility index (Phi) is 4.72. The van der Waals surface area contributed by atoms with Gasteiger partial charge in [0.1, 0.15) is 5.69 Å². The predicted molar refractivity (Wildman–Crippen MR) is 88.4 cm³/mol. The van der Waals surface area contributed by atoms with Crippen molar-refractivity contribution >= 4 is 21.8 Å². The van der Waals surface area contributed by atoms with E-state index in [9.17, 15) is 4.79 Å². The normalized spacial score (nSPS) is 25.7. The second-order valence-corrected chi connectivity index (χ2v) is 7.41. The minimum atomic E-state index is 0.241. The van der Waals surface area contributed by atoms with E-state index in [1.54, 1.807) is 0 Å². The summed E-state index contributed by atoms with van der Waals surface area (Å²) in [5.41, 5.74) is 0.856. The van der Waals surface area contributed by atoms with Gasteiger partial charge in [0.2, 0.25) is 0 Å². The quantitative estimate of drug-likeness (QED) is 0.788. The van der Waals surface area contributed by atoms with Crippen molar-refractivity contribution in [2.24, 2.45) is 5.92 Å². The number of carbonyl (C=O) groups excluding carboxylic acids is 1. The number of halogens is 1. The highest BCUT2D eigenvalue weighted by molar-refractivity contribution is 9.10. The van der Waals surface area contributed by atoms with Crippen LogP contribution in [0.2, 0.25) is 0 Å². The predicted octanol–water partition coefficient (Wildman–Crippen LogP) is 4.46. The standard InChI is InChI=1S/C17H25BrN2O/c1-2-9-19-12-14(18)11-16(19)17(21)20-10-5-7-13-6-3-4-8-15(13)20/h11-13,15H,2-10H2,1H3/t13-,15-/m1/s1. The minimum absolute atomic E-state index is 0.241. The average Bonchev–Trinajstić information content (AvgIpc) is 2.87. The minimum Gasteiger partial charge on any atom is -0.342 e. The molecule has 1 aromatic heterocycles. The zero-order valence-corrected chi connectivity index (χ0v) is 14.4. The molecule has 116 valence electrons. The monoisotopic (exact) mass is 352 g/mol. The van der Waals surface area contributed by atoms with Crippen molar-refractivity contribution in [3.8, 4) is 0 Å². The van der Waals surface area contributed by atoms with Crippen molar-refractivity contribution in [1.82, 2.24) is 9.47 Å². The van der Waals surface area contributed by atoms with Crippen LogP contribution in [0.1, 0.15) is 62.4 Å². The molecule has 0 spiro atoms. The third-order valence-corrected chi connectivity index (χ3v) is 5.48. The maximum Gasteiger partial charge on any atom is 0.270 e. The molecule has 1 aliphatic heterocycles. The zero-order valence-electron chi connectivity index (χ0n) is 12.9. The number of aryl methyl sites for hydroxylation is 1. The Hall–Kier alpha value is -0.770. The topological polar surface area (TPSA) is 25.2 Å². The summed E-state index contributed by atoms with van der Waals surface area (Å²) >= 11 is 3.52. The maximum absolute atomic E-state index is 13.0. The summed E-state index contributed by atoms with van der Waals surface area (Å²) in [6, 6.07) is 2.48. The molecule has 0 bridgehead atoms. The van der Waals surface area contributed by atoms with Gasteiger partial charge in [0.05, 0.1) is 0 Å². The highest BCUT2D eigenvalue weighted by Crippen LogP contribution is 2.36. The summed E-state index contributed by atoms with van der Waals surface area (Å²) in [5, 5.41) is 0. The van der Waals surface area contributed by atoms with Gasteiger partial charge in [-0.15, -0.1) is 0 Å². The Morgan fingerprint density at radius 1 is 1.29 bits per heavy atom. The smallest absolute Gasteiger partial charge is 0.270 e. The Balaban J connectivity index is 1.83. The number of nitrogens with zero attached hydrogens (tertiary/aromatic N) is 2. The van der Waals surface area contributed by atoms with Gasteiger partial charge in [0, 0.05) is 29.8 Å². The molecule has 1 amide bonds. The van der Waals surface area contributed by atoms with Crippen molar-refractivity contribution in [3.05, 3.63) is 22.4 Å². The van der Waals surface area contributed by atoms with Crippen molar-refractivity contribution in [1.29, 1.82) is 0 Å². The van der Waals surface area contributed by atoms with Crippen LogP contribution in [-0.2, 0) is 6.54 Å². The van der Waals surface area contributed by atoms with Gasteiger partial charge in [-0.2, -0.15) is 0 Å². The maximum atomic E-state index is 13.0. The summed E-state index contributed by atoms with van der Waals surface area (Å²) in [5.74, 6) is 0.986. The third-order valence-electron chi connectivity index (χ3n) is 5.05. The molecule has 1 saturated heterocycles. The first kappa shape index (κ1) is 15.1.